The summed E-state index contributed by atoms with van der Waals surface area (Å²) >= 11 is 1.26. The molecule has 1 atom stereocenters. The molecule has 0 saturated carbocycles. The molecule has 1 aliphatic rings. The Kier molecular flexibility index (Phi) is 7.28. The first-order valence-electron chi connectivity index (χ1n) is 11.8. The molecule has 1 amide bonds. The van der Waals surface area contributed by atoms with E-state index in [9.17, 15) is 9.59 Å². The molecule has 8 heteroatoms. The highest BCUT2D eigenvalue weighted by Gasteiger charge is 2.22. The van der Waals surface area contributed by atoms with E-state index in [4.69, 9.17) is 0 Å². The van der Waals surface area contributed by atoms with Gasteiger partial charge in [-0.05, 0) is 62.8 Å². The molecular formula is C26H33N5O2S. The number of rotatable bonds is 6. The summed E-state index contributed by atoms with van der Waals surface area (Å²) in [5, 5.41) is 7.88. The normalized spacial score (nSPS) is 16.6. The first-order chi connectivity index (χ1) is 16.2. The molecule has 1 aromatic carbocycles. The van der Waals surface area contributed by atoms with Crippen LogP contribution in [0.4, 0.5) is 0 Å². The molecule has 0 spiro atoms. The number of carbonyl (C=O) groups is 1. The molecule has 1 fully saturated rings. The van der Waals surface area contributed by atoms with Gasteiger partial charge in [0.2, 0.25) is 0 Å². The quantitative estimate of drug-likeness (QED) is 0.578. The topological polar surface area (TPSA) is 80.1 Å². The zero-order valence-corrected chi connectivity index (χ0v) is 21.5. The van der Waals surface area contributed by atoms with Crippen molar-refractivity contribution in [1.82, 2.24) is 25.0 Å². The number of hydrogen-bond donors (Lipinski definition) is 1. The minimum atomic E-state index is -0.204. The molecule has 1 saturated heterocycles. The summed E-state index contributed by atoms with van der Waals surface area (Å²) in [4.78, 5) is 33.4. The van der Waals surface area contributed by atoms with Crippen LogP contribution in [0.1, 0.15) is 57.5 Å². The molecule has 7 nitrogen and oxygen atoms in total. The number of carbonyl (C=O) groups excluding carboxylic acids is 1. The molecule has 4 rings (SSSR count). The second kappa shape index (κ2) is 10.2. The number of nitrogens with one attached hydrogen (secondary N) is 1. The van der Waals surface area contributed by atoms with Gasteiger partial charge in [0, 0.05) is 26.7 Å². The summed E-state index contributed by atoms with van der Waals surface area (Å²) in [6, 6.07) is 8.32. The van der Waals surface area contributed by atoms with Crippen molar-refractivity contribution in [3.8, 4) is 10.6 Å². The van der Waals surface area contributed by atoms with Crippen molar-refractivity contribution in [2.75, 3.05) is 13.1 Å². The van der Waals surface area contributed by atoms with Crippen molar-refractivity contribution in [2.24, 2.45) is 13.0 Å². The Hall–Kier alpha value is -2.84. The smallest absolute Gasteiger partial charge is 0.277 e. The monoisotopic (exact) mass is 479 g/mol. The van der Waals surface area contributed by atoms with Crippen LogP contribution < -0.4 is 10.9 Å². The van der Waals surface area contributed by atoms with E-state index in [0.717, 1.165) is 42.4 Å². The molecule has 2 aromatic heterocycles. The Morgan fingerprint density at radius 1 is 1.18 bits per heavy atom. The fraction of sp³-hybridized carbons (Fsp3) is 0.462. The van der Waals surface area contributed by atoms with Crippen LogP contribution in [0.25, 0.3) is 10.6 Å². The van der Waals surface area contributed by atoms with Crippen LogP contribution in [0.15, 0.2) is 29.1 Å². The summed E-state index contributed by atoms with van der Waals surface area (Å²) < 4.78 is 1.33. The third kappa shape index (κ3) is 5.13. The van der Waals surface area contributed by atoms with Crippen LogP contribution in [-0.2, 0) is 20.1 Å². The molecule has 1 N–H and O–H groups in total. The predicted octanol–water partition coefficient (Wildman–Crippen LogP) is 3.99. The van der Waals surface area contributed by atoms with E-state index >= 15 is 0 Å². The Bertz CT molecular complexity index is 1260. The maximum atomic E-state index is 13.1. The molecule has 3 aromatic rings. The van der Waals surface area contributed by atoms with E-state index in [2.05, 4.69) is 45.4 Å². The highest BCUT2D eigenvalue weighted by atomic mass is 32.1. The van der Waals surface area contributed by atoms with Crippen LogP contribution in [0.3, 0.4) is 0 Å². The third-order valence-electron chi connectivity index (χ3n) is 6.64. The summed E-state index contributed by atoms with van der Waals surface area (Å²) in [6.07, 6.45) is 2.54. The SMILES string of the molecule is Cc1nc(-c2c(C)c(C)nn(C)c2=O)sc1C(=O)NCc1ccccc1CN1CCCC(C)C1. The molecule has 0 radical (unpaired) electrons. The highest BCUT2D eigenvalue weighted by molar-refractivity contribution is 7.17. The summed E-state index contributed by atoms with van der Waals surface area (Å²) in [6.45, 7) is 11.5. The second-order valence-electron chi connectivity index (χ2n) is 9.38. The number of amides is 1. The van der Waals surface area contributed by atoms with Gasteiger partial charge in [-0.3, -0.25) is 14.5 Å². The van der Waals surface area contributed by atoms with Crippen LogP contribution in [0.5, 0.6) is 0 Å². The number of hydrogen-bond acceptors (Lipinski definition) is 6. The number of likely N-dealkylation sites (tertiary alicyclic amines) is 1. The Balaban J connectivity index is 1.50. The van der Waals surface area contributed by atoms with Crippen molar-refractivity contribution >= 4 is 17.2 Å². The van der Waals surface area contributed by atoms with E-state index in [1.807, 2.05) is 26.8 Å². The van der Waals surface area contributed by atoms with Gasteiger partial charge in [0.1, 0.15) is 9.88 Å². The molecule has 0 bridgehead atoms. The van der Waals surface area contributed by atoms with Gasteiger partial charge >= 0.3 is 0 Å². The molecule has 1 aliphatic heterocycles. The zero-order valence-electron chi connectivity index (χ0n) is 20.6. The van der Waals surface area contributed by atoms with Crippen LogP contribution in [-0.4, -0.2) is 38.7 Å². The van der Waals surface area contributed by atoms with Crippen molar-refractivity contribution in [2.45, 2.75) is 53.6 Å². The van der Waals surface area contributed by atoms with Crippen LogP contribution in [0.2, 0.25) is 0 Å². The average molecular weight is 480 g/mol. The molecule has 1 unspecified atom stereocenters. The van der Waals surface area contributed by atoms with E-state index in [-0.39, 0.29) is 11.5 Å². The van der Waals surface area contributed by atoms with Crippen LogP contribution in [0, 0.1) is 26.7 Å². The van der Waals surface area contributed by atoms with Gasteiger partial charge in [0.05, 0.1) is 17.0 Å². The van der Waals surface area contributed by atoms with Gasteiger partial charge in [0.25, 0.3) is 11.5 Å². The Morgan fingerprint density at radius 3 is 2.65 bits per heavy atom. The standard InChI is InChI=1S/C26H33N5O2S/c1-16-9-8-12-31(14-16)15-21-11-7-6-10-20(21)13-27-24(32)23-19(4)28-25(34-23)22-17(2)18(3)29-30(5)26(22)33/h6-7,10-11,16H,8-9,12-15H2,1-5H3,(H,27,32). The molecule has 3 heterocycles. The third-order valence-corrected chi connectivity index (χ3v) is 7.81. The van der Waals surface area contributed by atoms with Gasteiger partial charge in [0.15, 0.2) is 0 Å². The summed E-state index contributed by atoms with van der Waals surface area (Å²) in [7, 11) is 1.63. The van der Waals surface area contributed by atoms with Gasteiger partial charge in [-0.1, -0.05) is 31.2 Å². The number of thiazole rings is 1. The minimum Gasteiger partial charge on any atom is -0.347 e. The summed E-state index contributed by atoms with van der Waals surface area (Å²) in [5.74, 6) is 0.566. The van der Waals surface area contributed by atoms with Crippen molar-refractivity contribution < 1.29 is 4.79 Å². The lowest BCUT2D eigenvalue weighted by Gasteiger charge is -2.31. The Morgan fingerprint density at radius 2 is 1.91 bits per heavy atom. The Labute approximate surface area is 204 Å². The molecular weight excluding hydrogens is 446 g/mol. The van der Waals surface area contributed by atoms with Crippen LogP contribution >= 0.6 is 11.3 Å². The number of aromatic nitrogens is 3. The van der Waals surface area contributed by atoms with E-state index in [1.165, 1.54) is 34.4 Å². The maximum Gasteiger partial charge on any atom is 0.277 e. The van der Waals surface area contributed by atoms with Gasteiger partial charge < -0.3 is 5.32 Å². The van der Waals surface area contributed by atoms with Gasteiger partial charge in [-0.15, -0.1) is 11.3 Å². The largest absolute Gasteiger partial charge is 0.347 e. The van der Waals surface area contributed by atoms with E-state index < -0.39 is 0 Å². The first-order valence-corrected chi connectivity index (χ1v) is 12.7. The number of nitrogens with zero attached hydrogens (tertiary/aromatic N) is 4. The van der Waals surface area contributed by atoms with Gasteiger partial charge in [-0.2, -0.15) is 5.10 Å². The number of aryl methyl sites for hydroxylation is 3. The van der Waals surface area contributed by atoms with Crippen molar-refractivity contribution in [3.05, 3.63) is 67.6 Å². The number of piperidine rings is 1. The lowest BCUT2D eigenvalue weighted by atomic mass is 9.99. The maximum absolute atomic E-state index is 13.1. The van der Waals surface area contributed by atoms with E-state index in [0.29, 0.717) is 27.7 Å². The fourth-order valence-corrected chi connectivity index (χ4v) is 5.70. The molecule has 34 heavy (non-hydrogen) atoms. The average Bonchev–Trinajstić information content (AvgIpc) is 3.18. The van der Waals surface area contributed by atoms with E-state index in [1.54, 1.807) is 7.05 Å². The predicted molar refractivity (Wildman–Crippen MR) is 136 cm³/mol. The fourth-order valence-electron chi connectivity index (χ4n) is 4.63. The second-order valence-corrected chi connectivity index (χ2v) is 10.4. The van der Waals surface area contributed by atoms with Gasteiger partial charge in [-0.25, -0.2) is 9.67 Å². The lowest BCUT2D eigenvalue weighted by Crippen LogP contribution is -2.34. The first kappa shape index (κ1) is 24.3. The lowest BCUT2D eigenvalue weighted by molar-refractivity contribution is 0.0954. The van der Waals surface area contributed by atoms with Crippen molar-refractivity contribution in [3.63, 3.8) is 0 Å². The minimum absolute atomic E-state index is 0.164. The highest BCUT2D eigenvalue weighted by Crippen LogP contribution is 2.29. The van der Waals surface area contributed by atoms with Crippen molar-refractivity contribution in [1.29, 1.82) is 0 Å². The molecule has 0 aliphatic carbocycles. The summed E-state index contributed by atoms with van der Waals surface area (Å²) in [5.41, 5.74) is 4.90. The molecule has 180 valence electrons. The zero-order chi connectivity index (χ0) is 24.4. The number of benzene rings is 1.